The van der Waals surface area contributed by atoms with Crippen molar-refractivity contribution in [2.45, 2.75) is 13.8 Å². The Bertz CT molecular complexity index is 428. The topological polar surface area (TPSA) is 69.4 Å². The Morgan fingerprint density at radius 2 is 1.64 bits per heavy atom. The summed E-state index contributed by atoms with van der Waals surface area (Å²) >= 11 is 0. The van der Waals surface area contributed by atoms with Crippen LogP contribution < -0.4 is 9.92 Å². The molecule has 5 heteroatoms. The maximum atomic E-state index is 10.9. The largest absolute Gasteiger partial charge is 0.399 e. The van der Waals surface area contributed by atoms with Gasteiger partial charge in [0.2, 0.25) is 0 Å². The van der Waals surface area contributed by atoms with E-state index < -0.39 is 10.1 Å². The van der Waals surface area contributed by atoms with E-state index in [2.05, 4.69) is 0 Å². The standard InChI is InChI=1S/C9H13NO3S/c1-6-4-8(10)5-7(2)9(6)13-14(3,11)12/h4-5H,10H2,1-3H3. The monoisotopic (exact) mass is 215 g/mol. The van der Waals surface area contributed by atoms with Gasteiger partial charge in [-0.1, -0.05) is 0 Å². The molecule has 0 amide bonds. The molecule has 2 N–H and O–H groups in total. The molecule has 0 aliphatic heterocycles. The minimum absolute atomic E-state index is 0.363. The summed E-state index contributed by atoms with van der Waals surface area (Å²) in [5.41, 5.74) is 7.62. The molecule has 78 valence electrons. The second-order valence-electron chi connectivity index (χ2n) is 3.27. The van der Waals surface area contributed by atoms with Crippen LogP contribution in [0.2, 0.25) is 0 Å². The predicted octanol–water partition coefficient (Wildman–Crippen LogP) is 1.22. The van der Waals surface area contributed by atoms with Crippen LogP contribution in [0.4, 0.5) is 5.69 Å². The fourth-order valence-electron chi connectivity index (χ4n) is 1.27. The zero-order chi connectivity index (χ0) is 10.9. The van der Waals surface area contributed by atoms with Gasteiger partial charge in [0.25, 0.3) is 0 Å². The Morgan fingerprint density at radius 3 is 2.00 bits per heavy atom. The van der Waals surface area contributed by atoms with Crippen molar-refractivity contribution in [3.8, 4) is 5.75 Å². The molecule has 0 fully saturated rings. The lowest BCUT2D eigenvalue weighted by Crippen LogP contribution is -2.08. The smallest absolute Gasteiger partial charge is 0.306 e. The van der Waals surface area contributed by atoms with Crippen LogP contribution in [0.3, 0.4) is 0 Å². The summed E-state index contributed by atoms with van der Waals surface area (Å²) in [5, 5.41) is 0. The zero-order valence-corrected chi connectivity index (χ0v) is 9.18. The van der Waals surface area contributed by atoms with E-state index in [9.17, 15) is 8.42 Å². The Kier molecular flexibility index (Phi) is 2.71. The quantitative estimate of drug-likeness (QED) is 0.595. The molecule has 0 heterocycles. The van der Waals surface area contributed by atoms with Crippen molar-refractivity contribution in [1.82, 2.24) is 0 Å². The second kappa shape index (κ2) is 3.49. The molecule has 1 aromatic carbocycles. The van der Waals surface area contributed by atoms with Gasteiger partial charge in [0.05, 0.1) is 6.26 Å². The highest BCUT2D eigenvalue weighted by Crippen LogP contribution is 2.26. The van der Waals surface area contributed by atoms with E-state index in [1.807, 2.05) is 0 Å². The van der Waals surface area contributed by atoms with Crippen molar-refractivity contribution >= 4 is 15.8 Å². The minimum Gasteiger partial charge on any atom is -0.399 e. The van der Waals surface area contributed by atoms with Crippen LogP contribution >= 0.6 is 0 Å². The van der Waals surface area contributed by atoms with Crippen LogP contribution in [-0.4, -0.2) is 14.7 Å². The maximum absolute atomic E-state index is 10.9. The molecule has 1 aromatic rings. The number of nitrogen functional groups attached to an aromatic ring is 1. The third-order valence-corrected chi connectivity index (χ3v) is 2.19. The first-order valence-corrected chi connectivity index (χ1v) is 5.87. The fraction of sp³-hybridized carbons (Fsp3) is 0.333. The first kappa shape index (κ1) is 10.8. The molecule has 0 saturated carbocycles. The van der Waals surface area contributed by atoms with Gasteiger partial charge in [-0.3, -0.25) is 0 Å². The molecule has 0 aliphatic carbocycles. The lowest BCUT2D eigenvalue weighted by Gasteiger charge is -2.10. The normalized spacial score (nSPS) is 11.4. The van der Waals surface area contributed by atoms with Crippen molar-refractivity contribution in [2.24, 2.45) is 0 Å². The van der Waals surface area contributed by atoms with Gasteiger partial charge in [-0.25, -0.2) is 0 Å². The van der Waals surface area contributed by atoms with Gasteiger partial charge in [0.15, 0.2) is 0 Å². The lowest BCUT2D eigenvalue weighted by atomic mass is 10.1. The Labute approximate surface area is 83.8 Å². The Morgan fingerprint density at radius 1 is 1.21 bits per heavy atom. The molecule has 0 unspecified atom stereocenters. The molecular formula is C9H13NO3S. The number of aryl methyl sites for hydroxylation is 2. The van der Waals surface area contributed by atoms with Gasteiger partial charge in [0.1, 0.15) is 5.75 Å². The number of nitrogens with two attached hydrogens (primary N) is 1. The van der Waals surface area contributed by atoms with Gasteiger partial charge >= 0.3 is 10.1 Å². The Balaban J connectivity index is 3.22. The molecule has 0 saturated heterocycles. The Hall–Kier alpha value is -1.23. The molecular weight excluding hydrogens is 202 g/mol. The average molecular weight is 215 g/mol. The zero-order valence-electron chi connectivity index (χ0n) is 8.37. The van der Waals surface area contributed by atoms with Crippen LogP contribution in [0, 0.1) is 13.8 Å². The average Bonchev–Trinajstić information content (AvgIpc) is 1.95. The SMILES string of the molecule is Cc1cc(N)cc(C)c1OS(C)(=O)=O. The van der Waals surface area contributed by atoms with Gasteiger partial charge < -0.3 is 9.92 Å². The van der Waals surface area contributed by atoms with E-state index in [-0.39, 0.29) is 0 Å². The minimum atomic E-state index is -3.48. The van der Waals surface area contributed by atoms with E-state index in [1.165, 1.54) is 0 Å². The van der Waals surface area contributed by atoms with Crippen LogP contribution in [0.25, 0.3) is 0 Å². The van der Waals surface area contributed by atoms with Crippen LogP contribution in [0.5, 0.6) is 5.75 Å². The van der Waals surface area contributed by atoms with Gasteiger partial charge in [0, 0.05) is 5.69 Å². The van der Waals surface area contributed by atoms with E-state index in [0.717, 1.165) is 6.26 Å². The summed E-state index contributed by atoms with van der Waals surface area (Å²) in [4.78, 5) is 0. The lowest BCUT2D eigenvalue weighted by molar-refractivity contribution is 0.489. The summed E-state index contributed by atoms with van der Waals surface area (Å²) in [5.74, 6) is 0.363. The third-order valence-electron chi connectivity index (χ3n) is 1.72. The maximum Gasteiger partial charge on any atom is 0.306 e. The van der Waals surface area contributed by atoms with Gasteiger partial charge in [-0.15, -0.1) is 0 Å². The number of hydrogen-bond acceptors (Lipinski definition) is 4. The van der Waals surface area contributed by atoms with Crippen LogP contribution in [-0.2, 0) is 10.1 Å². The molecule has 4 nitrogen and oxygen atoms in total. The molecule has 0 spiro atoms. The van der Waals surface area contributed by atoms with E-state index in [0.29, 0.717) is 22.6 Å². The molecule has 0 atom stereocenters. The van der Waals surface area contributed by atoms with E-state index in [4.69, 9.17) is 9.92 Å². The number of anilines is 1. The first-order chi connectivity index (χ1) is 6.29. The number of benzene rings is 1. The summed E-state index contributed by atoms with van der Waals surface area (Å²) in [6.45, 7) is 3.51. The molecule has 0 aliphatic rings. The first-order valence-electron chi connectivity index (χ1n) is 4.06. The summed E-state index contributed by atoms with van der Waals surface area (Å²) in [7, 11) is -3.48. The van der Waals surface area contributed by atoms with Crippen molar-refractivity contribution in [3.05, 3.63) is 23.3 Å². The third kappa shape index (κ3) is 2.63. The predicted molar refractivity (Wildman–Crippen MR) is 55.8 cm³/mol. The van der Waals surface area contributed by atoms with Crippen molar-refractivity contribution < 1.29 is 12.6 Å². The fourth-order valence-corrected chi connectivity index (χ4v) is 1.83. The molecule has 0 bridgehead atoms. The number of hydrogen-bond donors (Lipinski definition) is 1. The summed E-state index contributed by atoms with van der Waals surface area (Å²) < 4.78 is 26.7. The molecule has 1 rings (SSSR count). The summed E-state index contributed by atoms with van der Waals surface area (Å²) in [6.07, 6.45) is 1.02. The number of rotatable bonds is 2. The highest BCUT2D eigenvalue weighted by atomic mass is 32.2. The van der Waals surface area contributed by atoms with Gasteiger partial charge in [-0.2, -0.15) is 8.42 Å². The van der Waals surface area contributed by atoms with Crippen molar-refractivity contribution in [3.63, 3.8) is 0 Å². The van der Waals surface area contributed by atoms with Crippen molar-refractivity contribution in [2.75, 3.05) is 12.0 Å². The second-order valence-corrected chi connectivity index (χ2v) is 4.85. The van der Waals surface area contributed by atoms with Crippen LogP contribution in [0.15, 0.2) is 12.1 Å². The highest BCUT2D eigenvalue weighted by Gasteiger charge is 2.10. The van der Waals surface area contributed by atoms with Crippen molar-refractivity contribution in [1.29, 1.82) is 0 Å². The highest BCUT2D eigenvalue weighted by molar-refractivity contribution is 7.86. The summed E-state index contributed by atoms with van der Waals surface area (Å²) in [6, 6.07) is 3.35. The van der Waals surface area contributed by atoms with E-state index >= 15 is 0 Å². The molecule has 14 heavy (non-hydrogen) atoms. The molecule has 0 aromatic heterocycles. The van der Waals surface area contributed by atoms with E-state index in [1.54, 1.807) is 26.0 Å². The van der Waals surface area contributed by atoms with Crippen LogP contribution in [0.1, 0.15) is 11.1 Å². The molecule has 0 radical (unpaired) electrons. The van der Waals surface area contributed by atoms with Gasteiger partial charge in [-0.05, 0) is 37.1 Å².